The van der Waals surface area contributed by atoms with Crippen molar-refractivity contribution in [3.05, 3.63) is 59.4 Å². The van der Waals surface area contributed by atoms with Gasteiger partial charge in [0.05, 0.1) is 6.54 Å². The van der Waals surface area contributed by atoms with Crippen LogP contribution in [0.2, 0.25) is 0 Å². The maximum Gasteiger partial charge on any atom is 0.333 e. The largest absolute Gasteiger partial charge is 0.333 e. The predicted molar refractivity (Wildman–Crippen MR) is 96.0 cm³/mol. The second-order valence-electron chi connectivity index (χ2n) is 3.82. The van der Waals surface area contributed by atoms with Crippen LogP contribution in [0, 0.1) is 0 Å². The Morgan fingerprint density at radius 1 is 0.714 bits per heavy atom. The van der Waals surface area contributed by atoms with E-state index in [1.54, 1.807) is 0 Å². The quantitative estimate of drug-likeness (QED) is 0.403. The molecule has 0 spiro atoms. The van der Waals surface area contributed by atoms with Crippen molar-refractivity contribution in [1.29, 1.82) is 0 Å². The monoisotopic (exact) mass is 609 g/mol. The Labute approximate surface area is 159 Å². The molecule has 2 N–H and O–H groups in total. The first-order valence-electron chi connectivity index (χ1n) is 5.17. The molecule has 0 atom stereocenters. The summed E-state index contributed by atoms with van der Waals surface area (Å²) in [4.78, 5) is 38.6. The molecule has 0 bridgehead atoms. The van der Waals surface area contributed by atoms with Crippen LogP contribution in [0.5, 0.6) is 0 Å². The van der Waals surface area contributed by atoms with Crippen LogP contribution >= 0.6 is 79.6 Å². The minimum Gasteiger partial charge on any atom is -0.259 e. The molecule has 1 aromatic heterocycles. The van der Waals surface area contributed by atoms with Crippen LogP contribution in [0.25, 0.3) is 0 Å². The van der Waals surface area contributed by atoms with Crippen molar-refractivity contribution in [2.24, 2.45) is 0 Å². The van der Waals surface area contributed by atoms with E-state index in [4.69, 9.17) is 0 Å². The standard InChI is InChI=1S/C10H4Br5N3O3/c11-3-2(4(12)6(14)7(15)5(3)13)1-18-9(20)16-8(19)17-10(18)21/h1H2,(H2,16,17,19,20,21). The van der Waals surface area contributed by atoms with Gasteiger partial charge in [-0.15, -0.1) is 0 Å². The Bertz CT molecular complexity index is 835. The van der Waals surface area contributed by atoms with E-state index in [2.05, 4.69) is 79.6 Å². The summed E-state index contributed by atoms with van der Waals surface area (Å²) in [6.45, 7) is -0.0312. The number of rotatable bonds is 2. The molecule has 1 aromatic carbocycles. The molecule has 6 nitrogen and oxygen atoms in total. The fraction of sp³-hybridized carbons (Fsp3) is 0.100. The lowest BCUT2D eigenvalue weighted by atomic mass is 10.2. The molecule has 2 rings (SSSR count). The molecular weight excluding hydrogens is 610 g/mol. The Kier molecular flexibility index (Phi) is 5.50. The lowest BCUT2D eigenvalue weighted by Crippen LogP contribution is -2.43. The van der Waals surface area contributed by atoms with Gasteiger partial charge in [0.1, 0.15) is 0 Å². The van der Waals surface area contributed by atoms with Gasteiger partial charge in [-0.2, -0.15) is 0 Å². The summed E-state index contributed by atoms with van der Waals surface area (Å²) in [5.41, 5.74) is -1.75. The van der Waals surface area contributed by atoms with Crippen LogP contribution < -0.4 is 17.1 Å². The summed E-state index contributed by atoms with van der Waals surface area (Å²) in [5.74, 6) is 0. The van der Waals surface area contributed by atoms with Gasteiger partial charge in [0.15, 0.2) is 0 Å². The molecule has 0 saturated carbocycles. The average Bonchev–Trinajstić information content (AvgIpc) is 2.41. The number of H-pyrrole nitrogens is 2. The summed E-state index contributed by atoms with van der Waals surface area (Å²) < 4.78 is 4.44. The van der Waals surface area contributed by atoms with Gasteiger partial charge in [0, 0.05) is 27.9 Å². The van der Waals surface area contributed by atoms with Gasteiger partial charge in [-0.3, -0.25) is 9.97 Å². The predicted octanol–water partition coefficient (Wildman–Crippen LogP) is 3.09. The number of aromatic amines is 2. The van der Waals surface area contributed by atoms with Crippen molar-refractivity contribution >= 4 is 79.6 Å². The lowest BCUT2D eigenvalue weighted by Gasteiger charge is -2.14. The van der Waals surface area contributed by atoms with Crippen molar-refractivity contribution in [3.8, 4) is 0 Å². The molecule has 1 heterocycles. The minimum absolute atomic E-state index is 0.0312. The second kappa shape index (κ2) is 6.65. The van der Waals surface area contributed by atoms with E-state index in [0.29, 0.717) is 14.5 Å². The molecular formula is C10H4Br5N3O3. The third kappa shape index (κ3) is 3.36. The maximum atomic E-state index is 11.7. The summed E-state index contributed by atoms with van der Waals surface area (Å²) in [7, 11) is 0. The molecule has 0 amide bonds. The van der Waals surface area contributed by atoms with E-state index >= 15 is 0 Å². The molecule has 21 heavy (non-hydrogen) atoms. The minimum atomic E-state index is -0.836. The highest BCUT2D eigenvalue weighted by Crippen LogP contribution is 2.44. The highest BCUT2D eigenvalue weighted by Gasteiger charge is 2.19. The molecule has 0 aliphatic carbocycles. The van der Waals surface area contributed by atoms with E-state index < -0.39 is 17.1 Å². The zero-order valence-electron chi connectivity index (χ0n) is 9.77. The first-order valence-corrected chi connectivity index (χ1v) is 9.14. The molecule has 0 unspecified atom stereocenters. The van der Waals surface area contributed by atoms with Gasteiger partial charge in [0.2, 0.25) is 0 Å². The maximum absolute atomic E-state index is 11.7. The molecule has 0 aliphatic rings. The van der Waals surface area contributed by atoms with Gasteiger partial charge >= 0.3 is 17.1 Å². The summed E-state index contributed by atoms with van der Waals surface area (Å²) in [6.07, 6.45) is 0. The summed E-state index contributed by atoms with van der Waals surface area (Å²) in [5, 5.41) is 0. The summed E-state index contributed by atoms with van der Waals surface area (Å²) >= 11 is 17.0. The van der Waals surface area contributed by atoms with Crippen LogP contribution in [-0.2, 0) is 6.54 Å². The number of nitrogens with one attached hydrogen (secondary N) is 2. The first-order chi connectivity index (χ1) is 9.73. The molecule has 0 radical (unpaired) electrons. The number of nitrogens with zero attached hydrogens (tertiary/aromatic N) is 1. The van der Waals surface area contributed by atoms with Crippen LogP contribution in [0.1, 0.15) is 5.56 Å². The number of hydrogen-bond donors (Lipinski definition) is 2. The average molecular weight is 614 g/mol. The van der Waals surface area contributed by atoms with Crippen molar-refractivity contribution in [1.82, 2.24) is 14.5 Å². The van der Waals surface area contributed by atoms with Gasteiger partial charge < -0.3 is 0 Å². The van der Waals surface area contributed by atoms with E-state index in [1.165, 1.54) is 0 Å². The number of hydrogen-bond acceptors (Lipinski definition) is 3. The van der Waals surface area contributed by atoms with Crippen LogP contribution in [0.15, 0.2) is 36.7 Å². The molecule has 112 valence electrons. The van der Waals surface area contributed by atoms with Crippen molar-refractivity contribution in [2.45, 2.75) is 6.54 Å². The van der Waals surface area contributed by atoms with E-state index in [9.17, 15) is 14.4 Å². The van der Waals surface area contributed by atoms with E-state index in [0.717, 1.165) is 18.0 Å². The SMILES string of the molecule is O=c1[nH]c(=O)n(Cc2c(Br)c(Br)c(Br)c(Br)c2Br)c(=O)[nH]1. The normalized spacial score (nSPS) is 10.9. The number of halogens is 5. The van der Waals surface area contributed by atoms with E-state index in [-0.39, 0.29) is 6.54 Å². The highest BCUT2D eigenvalue weighted by molar-refractivity contribution is 9.15. The zero-order chi connectivity index (χ0) is 15.9. The van der Waals surface area contributed by atoms with Gasteiger partial charge in [-0.1, -0.05) is 0 Å². The number of aromatic nitrogens is 3. The van der Waals surface area contributed by atoms with Crippen molar-refractivity contribution in [2.75, 3.05) is 0 Å². The highest BCUT2D eigenvalue weighted by atomic mass is 79.9. The van der Waals surface area contributed by atoms with Crippen molar-refractivity contribution in [3.63, 3.8) is 0 Å². The Hall–Kier alpha value is 0.0300. The van der Waals surface area contributed by atoms with Crippen molar-refractivity contribution < 1.29 is 0 Å². The fourth-order valence-electron chi connectivity index (χ4n) is 1.54. The third-order valence-electron chi connectivity index (χ3n) is 2.55. The second-order valence-corrected chi connectivity index (χ2v) is 7.79. The molecule has 2 aromatic rings. The topological polar surface area (TPSA) is 87.7 Å². The Morgan fingerprint density at radius 2 is 1.10 bits per heavy atom. The van der Waals surface area contributed by atoms with Gasteiger partial charge in [0.25, 0.3) is 0 Å². The zero-order valence-corrected chi connectivity index (χ0v) is 17.7. The van der Waals surface area contributed by atoms with Crippen LogP contribution in [0.4, 0.5) is 0 Å². The van der Waals surface area contributed by atoms with Gasteiger partial charge in [-0.05, 0) is 79.6 Å². The van der Waals surface area contributed by atoms with Crippen LogP contribution in [0.3, 0.4) is 0 Å². The van der Waals surface area contributed by atoms with Gasteiger partial charge in [-0.25, -0.2) is 19.0 Å². The van der Waals surface area contributed by atoms with E-state index in [1.807, 2.05) is 9.97 Å². The first kappa shape index (κ1) is 17.4. The Morgan fingerprint density at radius 3 is 1.52 bits per heavy atom. The summed E-state index contributed by atoms with van der Waals surface area (Å²) in [6, 6.07) is 0. The lowest BCUT2D eigenvalue weighted by molar-refractivity contribution is 0.649. The molecule has 0 saturated heterocycles. The third-order valence-corrected chi connectivity index (χ3v) is 8.81. The number of benzene rings is 1. The molecule has 0 fully saturated rings. The fourth-order valence-corrected chi connectivity index (χ4v) is 4.92. The molecule has 11 heteroatoms. The smallest absolute Gasteiger partial charge is 0.259 e. The van der Waals surface area contributed by atoms with Crippen LogP contribution in [-0.4, -0.2) is 14.5 Å². The Balaban J connectivity index is 2.69. The molecule has 0 aliphatic heterocycles.